The first-order valence-electron chi connectivity index (χ1n) is 12.5. The Balaban J connectivity index is 1.57. The highest BCUT2D eigenvalue weighted by molar-refractivity contribution is 7.99. The number of likely N-dealkylation sites (tertiary alicyclic amines) is 1. The van der Waals surface area contributed by atoms with Gasteiger partial charge in [-0.15, -0.1) is 10.2 Å². The van der Waals surface area contributed by atoms with Gasteiger partial charge in [-0.05, 0) is 38.3 Å². The van der Waals surface area contributed by atoms with E-state index in [-0.39, 0.29) is 16.8 Å². The molecule has 1 aromatic heterocycles. The predicted octanol–water partition coefficient (Wildman–Crippen LogP) is 3.43. The summed E-state index contributed by atoms with van der Waals surface area (Å²) in [6.07, 6.45) is 5.34. The molecule has 0 N–H and O–H groups in total. The first-order chi connectivity index (χ1) is 16.9. The van der Waals surface area contributed by atoms with Crippen molar-refractivity contribution in [2.45, 2.75) is 62.0 Å². The van der Waals surface area contributed by atoms with Crippen molar-refractivity contribution >= 4 is 27.7 Å². The highest BCUT2D eigenvalue weighted by Crippen LogP contribution is 2.31. The second kappa shape index (κ2) is 11.9. The summed E-state index contributed by atoms with van der Waals surface area (Å²) >= 11 is 1.41. The highest BCUT2D eigenvalue weighted by Gasteiger charge is 2.28. The van der Waals surface area contributed by atoms with E-state index < -0.39 is 10.0 Å². The van der Waals surface area contributed by atoms with Crippen LogP contribution in [-0.4, -0.2) is 83.4 Å². The summed E-state index contributed by atoms with van der Waals surface area (Å²) in [6.45, 7) is 7.32. The molecule has 0 aliphatic carbocycles. The molecule has 1 amide bonds. The van der Waals surface area contributed by atoms with Crippen LogP contribution < -0.4 is 0 Å². The van der Waals surface area contributed by atoms with E-state index in [9.17, 15) is 13.2 Å². The molecular weight excluding hydrogens is 486 g/mol. The molecular formula is C24H35N5O4S2. The number of carbonyl (C=O) groups is 1. The Bertz CT molecular complexity index is 1110. The molecule has 35 heavy (non-hydrogen) atoms. The van der Waals surface area contributed by atoms with Gasteiger partial charge in [0, 0.05) is 37.8 Å². The Labute approximate surface area is 212 Å². The molecule has 192 valence electrons. The zero-order valence-corrected chi connectivity index (χ0v) is 22.2. The van der Waals surface area contributed by atoms with E-state index in [1.54, 1.807) is 18.2 Å². The number of carbonyl (C=O) groups excluding carboxylic acids is 1. The third-order valence-corrected chi connectivity index (χ3v) is 9.50. The van der Waals surface area contributed by atoms with E-state index in [4.69, 9.17) is 4.74 Å². The van der Waals surface area contributed by atoms with Crippen LogP contribution in [0.2, 0.25) is 0 Å². The maximum atomic E-state index is 13.2. The Morgan fingerprint density at radius 1 is 1.09 bits per heavy atom. The van der Waals surface area contributed by atoms with Crippen molar-refractivity contribution in [3.8, 4) is 11.4 Å². The largest absolute Gasteiger partial charge is 0.379 e. The highest BCUT2D eigenvalue weighted by atomic mass is 32.2. The fourth-order valence-corrected chi connectivity index (χ4v) is 6.82. The number of ether oxygens (including phenoxy) is 1. The average molecular weight is 522 g/mol. The Morgan fingerprint density at radius 2 is 1.80 bits per heavy atom. The van der Waals surface area contributed by atoms with Gasteiger partial charge in [0.15, 0.2) is 11.0 Å². The second-order valence-corrected chi connectivity index (χ2v) is 11.9. The van der Waals surface area contributed by atoms with E-state index in [1.165, 1.54) is 28.9 Å². The monoisotopic (exact) mass is 521 g/mol. The van der Waals surface area contributed by atoms with Crippen LogP contribution in [-0.2, 0) is 19.6 Å². The van der Waals surface area contributed by atoms with Crippen molar-refractivity contribution in [2.75, 3.05) is 45.1 Å². The summed E-state index contributed by atoms with van der Waals surface area (Å²) < 4.78 is 35.2. The van der Waals surface area contributed by atoms with Crippen LogP contribution in [0, 0.1) is 0 Å². The van der Waals surface area contributed by atoms with E-state index in [0.717, 1.165) is 32.4 Å². The number of morpholine rings is 1. The minimum Gasteiger partial charge on any atom is -0.379 e. The van der Waals surface area contributed by atoms with Crippen molar-refractivity contribution in [3.05, 3.63) is 24.3 Å². The molecule has 1 aromatic carbocycles. The van der Waals surface area contributed by atoms with Crippen molar-refractivity contribution in [1.82, 2.24) is 24.0 Å². The summed E-state index contributed by atoms with van der Waals surface area (Å²) in [5.41, 5.74) is 0.692. The number of hydrogen-bond acceptors (Lipinski definition) is 7. The maximum Gasteiger partial charge on any atom is 0.243 e. The third kappa shape index (κ3) is 6.07. The fraction of sp³-hybridized carbons (Fsp3) is 0.625. The molecule has 2 saturated heterocycles. The number of benzene rings is 1. The molecule has 0 radical (unpaired) electrons. The summed E-state index contributed by atoms with van der Waals surface area (Å²) in [4.78, 5) is 15.0. The van der Waals surface area contributed by atoms with Gasteiger partial charge >= 0.3 is 0 Å². The molecule has 4 rings (SSSR count). The molecule has 2 aromatic rings. The number of thioether (sulfide) groups is 1. The lowest BCUT2D eigenvalue weighted by Gasteiger charge is -2.26. The van der Waals surface area contributed by atoms with E-state index in [0.29, 0.717) is 48.6 Å². The van der Waals surface area contributed by atoms with Crippen molar-refractivity contribution in [1.29, 1.82) is 0 Å². The summed E-state index contributed by atoms with van der Waals surface area (Å²) in [7, 11) is -3.62. The van der Waals surface area contributed by atoms with Crippen LogP contribution in [0.5, 0.6) is 0 Å². The molecule has 0 bridgehead atoms. The predicted molar refractivity (Wildman–Crippen MR) is 136 cm³/mol. The van der Waals surface area contributed by atoms with Crippen molar-refractivity contribution in [2.24, 2.45) is 0 Å². The molecule has 2 fully saturated rings. The zero-order chi connectivity index (χ0) is 24.8. The van der Waals surface area contributed by atoms with Gasteiger partial charge in [-0.2, -0.15) is 4.31 Å². The van der Waals surface area contributed by atoms with Crippen LogP contribution in [0.15, 0.2) is 34.3 Å². The standard InChI is InChI=1S/C24H35N5O4S2/c1-3-19(2)29-23(25-26-24(29)34-18-22(30)27-11-6-4-5-7-12-27)20-9-8-10-21(17-20)35(31,32)28-13-15-33-16-14-28/h8-10,17,19H,3-7,11-16,18H2,1-2H3/t19-/m0/s1. The van der Waals surface area contributed by atoms with E-state index in [2.05, 4.69) is 24.0 Å². The first kappa shape index (κ1) is 26.1. The minimum atomic E-state index is -3.62. The molecule has 1 atom stereocenters. The smallest absolute Gasteiger partial charge is 0.243 e. The number of nitrogens with zero attached hydrogens (tertiary/aromatic N) is 5. The fourth-order valence-electron chi connectivity index (χ4n) is 4.42. The second-order valence-electron chi connectivity index (χ2n) is 9.06. The molecule has 2 aliphatic rings. The van der Waals surface area contributed by atoms with Crippen molar-refractivity contribution < 1.29 is 17.9 Å². The summed E-state index contributed by atoms with van der Waals surface area (Å²) in [5.74, 6) is 1.07. The van der Waals surface area contributed by atoms with Crippen LogP contribution in [0.25, 0.3) is 11.4 Å². The summed E-state index contributed by atoms with van der Waals surface area (Å²) in [5, 5.41) is 9.52. The Hall–Kier alpha value is -1.95. The van der Waals surface area contributed by atoms with Gasteiger partial charge in [-0.25, -0.2) is 8.42 Å². The Morgan fingerprint density at radius 3 is 2.49 bits per heavy atom. The normalized spacial score (nSPS) is 18.9. The number of rotatable bonds is 8. The molecule has 3 heterocycles. The Kier molecular flexibility index (Phi) is 8.85. The topological polar surface area (TPSA) is 97.6 Å². The number of hydrogen-bond donors (Lipinski definition) is 0. The lowest BCUT2D eigenvalue weighted by atomic mass is 10.2. The van der Waals surface area contributed by atoms with Gasteiger partial charge in [-0.1, -0.05) is 43.7 Å². The van der Waals surface area contributed by atoms with E-state index in [1.807, 2.05) is 15.5 Å². The average Bonchev–Trinajstić information content (AvgIpc) is 3.12. The molecule has 0 saturated carbocycles. The van der Waals surface area contributed by atoms with Crippen LogP contribution in [0.3, 0.4) is 0 Å². The number of amides is 1. The first-order valence-corrected chi connectivity index (χ1v) is 14.9. The van der Waals surface area contributed by atoms with Crippen LogP contribution >= 0.6 is 11.8 Å². The van der Waals surface area contributed by atoms with Gasteiger partial charge in [0.05, 0.1) is 23.9 Å². The number of aromatic nitrogens is 3. The third-order valence-electron chi connectivity index (χ3n) is 6.68. The molecule has 0 spiro atoms. The minimum absolute atomic E-state index is 0.0929. The molecule has 0 unspecified atom stereocenters. The van der Waals surface area contributed by atoms with E-state index >= 15 is 0 Å². The quantitative estimate of drug-likeness (QED) is 0.491. The number of sulfonamides is 1. The molecule has 2 aliphatic heterocycles. The van der Waals surface area contributed by atoms with Crippen LogP contribution in [0.4, 0.5) is 0 Å². The van der Waals surface area contributed by atoms with Gasteiger partial charge in [0.1, 0.15) is 0 Å². The summed E-state index contributed by atoms with van der Waals surface area (Å²) in [6, 6.07) is 6.99. The van der Waals surface area contributed by atoms with Gasteiger partial charge in [0.2, 0.25) is 15.9 Å². The maximum absolute atomic E-state index is 13.2. The lowest BCUT2D eigenvalue weighted by molar-refractivity contribution is -0.128. The lowest BCUT2D eigenvalue weighted by Crippen LogP contribution is -2.40. The van der Waals surface area contributed by atoms with Gasteiger partial charge in [-0.3, -0.25) is 9.36 Å². The van der Waals surface area contributed by atoms with Gasteiger partial charge < -0.3 is 9.64 Å². The SMILES string of the molecule is CC[C@H](C)n1c(SCC(=O)N2CCCCCC2)nnc1-c1cccc(S(=O)(=O)N2CCOCC2)c1. The van der Waals surface area contributed by atoms with Gasteiger partial charge in [0.25, 0.3) is 0 Å². The molecule has 11 heteroatoms. The molecule has 9 nitrogen and oxygen atoms in total. The zero-order valence-electron chi connectivity index (χ0n) is 20.6. The van der Waals surface area contributed by atoms with Crippen LogP contribution in [0.1, 0.15) is 52.0 Å². The van der Waals surface area contributed by atoms with Crippen molar-refractivity contribution in [3.63, 3.8) is 0 Å².